The molecule has 0 spiro atoms. The number of nitrogens with zero attached hydrogens (tertiary/aromatic N) is 5. The number of aryl methyl sites for hydroxylation is 2. The fraction of sp³-hybridized carbons (Fsp3) is 0.231. The van der Waals surface area contributed by atoms with Crippen molar-refractivity contribution in [1.29, 1.82) is 0 Å². The van der Waals surface area contributed by atoms with Gasteiger partial charge in [-0.15, -0.1) is 5.10 Å². The molecule has 0 bridgehead atoms. The lowest BCUT2D eigenvalue weighted by molar-refractivity contribution is 0.390. The summed E-state index contributed by atoms with van der Waals surface area (Å²) in [5.41, 5.74) is 1.26. The molecule has 0 amide bonds. The van der Waals surface area contributed by atoms with Gasteiger partial charge in [0, 0.05) is 12.4 Å². The lowest BCUT2D eigenvalue weighted by Crippen LogP contribution is -2.15. The quantitative estimate of drug-likeness (QED) is 0.743. The second kappa shape index (κ2) is 5.80. The van der Waals surface area contributed by atoms with Crippen molar-refractivity contribution in [1.82, 2.24) is 24.9 Å². The minimum absolute atomic E-state index is 0.00276. The molecule has 0 saturated carbocycles. The number of nitrogens with one attached hydrogen (secondary N) is 1. The van der Waals surface area contributed by atoms with Crippen molar-refractivity contribution in [3.8, 4) is 0 Å². The van der Waals surface area contributed by atoms with Gasteiger partial charge in [0.1, 0.15) is 12.0 Å². The van der Waals surface area contributed by atoms with Crippen LogP contribution in [0.4, 0.5) is 5.95 Å². The van der Waals surface area contributed by atoms with Crippen molar-refractivity contribution in [2.24, 2.45) is 0 Å². The number of anilines is 1. The fourth-order valence-corrected chi connectivity index (χ4v) is 3.40. The fourth-order valence-electron chi connectivity index (χ4n) is 2.12. The molecule has 0 unspecified atom stereocenters. The second-order valence-electron chi connectivity index (χ2n) is 4.88. The number of rotatable bonds is 5. The van der Waals surface area contributed by atoms with Gasteiger partial charge >= 0.3 is 0 Å². The smallest absolute Gasteiger partial charge is 0.269 e. The van der Waals surface area contributed by atoms with Gasteiger partial charge in [-0.25, -0.2) is 17.8 Å². The van der Waals surface area contributed by atoms with E-state index in [0.717, 1.165) is 5.56 Å². The van der Waals surface area contributed by atoms with Crippen LogP contribution in [0.2, 0.25) is 0 Å². The molecule has 0 aliphatic carbocycles. The van der Waals surface area contributed by atoms with Crippen molar-refractivity contribution in [3.63, 3.8) is 0 Å². The molecule has 0 saturated heterocycles. The summed E-state index contributed by atoms with van der Waals surface area (Å²) >= 11 is 0. The van der Waals surface area contributed by atoms with E-state index in [4.69, 9.17) is 4.52 Å². The molecule has 0 aromatic carbocycles. The Bertz CT molecular complexity index is 897. The molecule has 9 nitrogen and oxygen atoms in total. The van der Waals surface area contributed by atoms with E-state index in [0.29, 0.717) is 6.54 Å². The van der Waals surface area contributed by atoms with Crippen LogP contribution in [0.5, 0.6) is 0 Å². The highest BCUT2D eigenvalue weighted by Crippen LogP contribution is 2.20. The van der Waals surface area contributed by atoms with Crippen LogP contribution in [0, 0.1) is 13.8 Å². The normalized spacial score (nSPS) is 11.6. The molecule has 3 rings (SSSR count). The number of hydrogen-bond donors (Lipinski definition) is 1. The number of hydrogen-bond acceptors (Lipinski definition) is 7. The second-order valence-corrected chi connectivity index (χ2v) is 6.50. The molecular formula is C13H14N6O3S. The molecule has 3 heterocycles. The molecular weight excluding hydrogens is 320 g/mol. The van der Waals surface area contributed by atoms with E-state index >= 15 is 0 Å². The maximum atomic E-state index is 12.4. The SMILES string of the molecule is Cc1noc(C)c1S(=O)(=O)Nc1ncn(Cc2ccncc2)n1. The van der Waals surface area contributed by atoms with Gasteiger partial charge in [-0.3, -0.25) is 4.98 Å². The van der Waals surface area contributed by atoms with Crippen molar-refractivity contribution in [3.05, 3.63) is 47.9 Å². The third-order valence-corrected chi connectivity index (χ3v) is 4.66. The summed E-state index contributed by atoms with van der Waals surface area (Å²) in [5, 5.41) is 7.74. The van der Waals surface area contributed by atoms with Crippen LogP contribution in [0.25, 0.3) is 0 Å². The van der Waals surface area contributed by atoms with Gasteiger partial charge < -0.3 is 4.52 Å². The van der Waals surface area contributed by atoms with Crippen LogP contribution in [0.3, 0.4) is 0 Å². The standard InChI is InChI=1S/C13H14N6O3S/c1-9-12(10(2)22-17-9)23(20,21)18-13-15-8-19(16-13)7-11-3-5-14-6-4-11/h3-6,8H,7H2,1-2H3,(H,16,18). The Morgan fingerprint density at radius 1 is 1.26 bits per heavy atom. The summed E-state index contributed by atoms with van der Waals surface area (Å²) in [5.74, 6) is 0.199. The van der Waals surface area contributed by atoms with Crippen LogP contribution >= 0.6 is 0 Å². The molecule has 23 heavy (non-hydrogen) atoms. The first kappa shape index (κ1) is 15.2. The maximum Gasteiger partial charge on any atom is 0.269 e. The van der Waals surface area contributed by atoms with Crippen molar-refractivity contribution < 1.29 is 12.9 Å². The topological polar surface area (TPSA) is 116 Å². The average molecular weight is 334 g/mol. The molecule has 0 aliphatic rings. The predicted octanol–water partition coefficient (Wildman–Crippen LogP) is 1.13. The summed E-state index contributed by atoms with van der Waals surface area (Å²) in [7, 11) is -3.85. The summed E-state index contributed by atoms with van der Waals surface area (Å²) in [6, 6.07) is 3.69. The van der Waals surface area contributed by atoms with Gasteiger partial charge in [-0.1, -0.05) is 5.16 Å². The largest absolute Gasteiger partial charge is 0.360 e. The number of aromatic nitrogens is 5. The average Bonchev–Trinajstić information content (AvgIpc) is 3.06. The third-order valence-electron chi connectivity index (χ3n) is 3.09. The summed E-state index contributed by atoms with van der Waals surface area (Å²) in [6.45, 7) is 3.55. The van der Waals surface area contributed by atoms with Gasteiger partial charge in [0.05, 0.1) is 6.54 Å². The Labute approximate surface area is 132 Å². The number of pyridine rings is 1. The highest BCUT2D eigenvalue weighted by Gasteiger charge is 2.25. The molecule has 0 aliphatic heterocycles. The zero-order chi connectivity index (χ0) is 16.4. The van der Waals surface area contributed by atoms with E-state index in [9.17, 15) is 8.42 Å². The lowest BCUT2D eigenvalue weighted by atomic mass is 10.3. The van der Waals surface area contributed by atoms with Gasteiger partial charge in [0.2, 0.25) is 0 Å². The highest BCUT2D eigenvalue weighted by atomic mass is 32.2. The minimum Gasteiger partial charge on any atom is -0.360 e. The zero-order valence-corrected chi connectivity index (χ0v) is 13.3. The van der Waals surface area contributed by atoms with Gasteiger partial charge in [0.25, 0.3) is 16.0 Å². The molecule has 0 atom stereocenters. The Kier molecular flexibility index (Phi) is 3.82. The Morgan fingerprint density at radius 3 is 2.65 bits per heavy atom. The Hall–Kier alpha value is -2.75. The van der Waals surface area contributed by atoms with Crippen LogP contribution in [0.1, 0.15) is 17.0 Å². The summed E-state index contributed by atoms with van der Waals surface area (Å²) in [4.78, 5) is 7.90. The molecule has 1 N–H and O–H groups in total. The van der Waals surface area contributed by atoms with Crippen LogP contribution in [0.15, 0.2) is 40.3 Å². The maximum absolute atomic E-state index is 12.4. The molecule has 3 aromatic heterocycles. The van der Waals surface area contributed by atoms with Gasteiger partial charge in [-0.05, 0) is 31.5 Å². The lowest BCUT2D eigenvalue weighted by Gasteiger charge is -2.03. The van der Waals surface area contributed by atoms with Gasteiger partial charge in [0.15, 0.2) is 10.7 Å². The van der Waals surface area contributed by atoms with E-state index < -0.39 is 10.0 Å². The molecule has 0 fully saturated rings. The van der Waals surface area contributed by atoms with Gasteiger partial charge in [-0.2, -0.15) is 4.98 Å². The van der Waals surface area contributed by atoms with Crippen molar-refractivity contribution in [2.75, 3.05) is 4.72 Å². The number of sulfonamides is 1. The third kappa shape index (κ3) is 3.21. The Morgan fingerprint density at radius 2 is 2.00 bits per heavy atom. The molecule has 120 valence electrons. The first-order valence-corrected chi connectivity index (χ1v) is 8.18. The first-order valence-electron chi connectivity index (χ1n) is 6.70. The van der Waals surface area contributed by atoms with Crippen molar-refractivity contribution >= 4 is 16.0 Å². The monoisotopic (exact) mass is 334 g/mol. The predicted molar refractivity (Wildman–Crippen MR) is 80.1 cm³/mol. The minimum atomic E-state index is -3.85. The van der Waals surface area contributed by atoms with E-state index in [1.807, 2.05) is 12.1 Å². The summed E-state index contributed by atoms with van der Waals surface area (Å²) < 4.78 is 33.5. The highest BCUT2D eigenvalue weighted by molar-refractivity contribution is 7.92. The zero-order valence-electron chi connectivity index (χ0n) is 12.5. The van der Waals surface area contributed by atoms with E-state index in [2.05, 4.69) is 24.9 Å². The summed E-state index contributed by atoms with van der Waals surface area (Å²) in [6.07, 6.45) is 4.80. The van der Waals surface area contributed by atoms with Crippen LogP contribution < -0.4 is 4.72 Å². The van der Waals surface area contributed by atoms with Crippen LogP contribution in [-0.4, -0.2) is 33.3 Å². The van der Waals surface area contributed by atoms with Crippen molar-refractivity contribution in [2.45, 2.75) is 25.3 Å². The molecule has 10 heteroatoms. The Balaban J connectivity index is 1.79. The van der Waals surface area contributed by atoms with E-state index in [1.54, 1.807) is 19.3 Å². The molecule has 0 radical (unpaired) electrons. The molecule has 3 aromatic rings. The van der Waals surface area contributed by atoms with E-state index in [1.165, 1.54) is 17.9 Å². The van der Waals surface area contributed by atoms with E-state index in [-0.39, 0.29) is 22.3 Å². The first-order chi connectivity index (χ1) is 11.0. The van der Waals surface area contributed by atoms with Crippen LogP contribution in [-0.2, 0) is 16.6 Å².